The Morgan fingerprint density at radius 2 is 1.42 bits per heavy atom. The molecule has 0 radical (unpaired) electrons. The minimum absolute atomic E-state index is 0.613. The van der Waals surface area contributed by atoms with Gasteiger partial charge in [-0.3, -0.25) is 0 Å². The normalized spacial score (nSPS) is 12.0. The van der Waals surface area contributed by atoms with Gasteiger partial charge in [0.15, 0.2) is 0 Å². The second kappa shape index (κ2) is 6.47. The third-order valence-electron chi connectivity index (χ3n) is 3.33. The molecule has 0 saturated carbocycles. The zero-order valence-electron chi connectivity index (χ0n) is 9.24. The van der Waals surface area contributed by atoms with E-state index in [4.69, 9.17) is 0 Å². The van der Waals surface area contributed by atoms with E-state index in [1.54, 1.807) is 0 Å². The molecule has 0 aromatic carbocycles. The van der Waals surface area contributed by atoms with Crippen LogP contribution in [0.1, 0.15) is 53.4 Å². The van der Waals surface area contributed by atoms with E-state index in [2.05, 4.69) is 33.0 Å². The lowest BCUT2D eigenvalue weighted by Gasteiger charge is -2.30. The van der Waals surface area contributed by atoms with Crippen molar-refractivity contribution in [3.05, 3.63) is 0 Å². The highest BCUT2D eigenvalue weighted by Gasteiger charge is 2.22. The number of rotatable bonds is 7. The average Bonchev–Trinajstić information content (AvgIpc) is 2.14. The summed E-state index contributed by atoms with van der Waals surface area (Å²) >= 11 is 0. The Labute approximate surface area is 77.9 Å². The fourth-order valence-corrected chi connectivity index (χ4v) is 1.81. The van der Waals surface area contributed by atoms with Crippen LogP contribution in [0.2, 0.25) is 0 Å². The van der Waals surface area contributed by atoms with Gasteiger partial charge in [-0.25, -0.2) is 0 Å². The van der Waals surface area contributed by atoms with Gasteiger partial charge in [-0.1, -0.05) is 47.0 Å². The van der Waals surface area contributed by atoms with Gasteiger partial charge in [0.2, 0.25) is 0 Å². The summed E-state index contributed by atoms with van der Waals surface area (Å²) in [4.78, 5) is 0. The summed E-state index contributed by atoms with van der Waals surface area (Å²) in [5.41, 5.74) is 0.613. The zero-order valence-corrected chi connectivity index (χ0v) is 9.24. The summed E-state index contributed by atoms with van der Waals surface area (Å²) in [6, 6.07) is 0. The van der Waals surface area contributed by atoms with Crippen LogP contribution in [0.4, 0.5) is 0 Å². The predicted octanol–water partition coefficient (Wildman–Crippen LogP) is 3.20. The molecule has 0 saturated heterocycles. The molecule has 1 heteroatoms. The third kappa shape index (κ3) is 3.57. The summed E-state index contributed by atoms with van der Waals surface area (Å²) in [6.07, 6.45) is 5.31. The van der Waals surface area contributed by atoms with Gasteiger partial charge in [0.1, 0.15) is 0 Å². The van der Waals surface area contributed by atoms with Crippen molar-refractivity contribution in [2.75, 3.05) is 13.1 Å². The summed E-state index contributed by atoms with van der Waals surface area (Å²) in [7, 11) is 0. The first kappa shape index (κ1) is 12.0. The number of nitrogens with one attached hydrogen (secondary N) is 1. The maximum Gasteiger partial charge on any atom is -0.00437 e. The molecule has 0 spiro atoms. The summed E-state index contributed by atoms with van der Waals surface area (Å²) in [5.74, 6) is 0. The van der Waals surface area contributed by atoms with E-state index in [9.17, 15) is 0 Å². The van der Waals surface area contributed by atoms with Gasteiger partial charge < -0.3 is 5.32 Å². The minimum Gasteiger partial charge on any atom is -0.317 e. The molecule has 0 atom stereocenters. The Morgan fingerprint density at radius 1 is 0.917 bits per heavy atom. The SMILES string of the molecule is CCNCCC(CC)(CC)CC. The number of hydrogen-bond donors (Lipinski definition) is 1. The molecule has 74 valence electrons. The van der Waals surface area contributed by atoms with Crippen molar-refractivity contribution in [2.45, 2.75) is 53.4 Å². The molecule has 0 amide bonds. The predicted molar refractivity (Wildman–Crippen MR) is 56.5 cm³/mol. The molecule has 0 rings (SSSR count). The van der Waals surface area contributed by atoms with E-state index in [1.807, 2.05) is 0 Å². The van der Waals surface area contributed by atoms with Crippen molar-refractivity contribution >= 4 is 0 Å². The molecule has 1 nitrogen and oxygen atoms in total. The lowest BCUT2D eigenvalue weighted by atomic mass is 9.77. The molecule has 0 unspecified atom stereocenters. The highest BCUT2D eigenvalue weighted by Crippen LogP contribution is 2.33. The van der Waals surface area contributed by atoms with Gasteiger partial charge in [0.25, 0.3) is 0 Å². The third-order valence-corrected chi connectivity index (χ3v) is 3.33. The second-order valence-electron chi connectivity index (χ2n) is 3.66. The molecule has 0 aromatic heterocycles. The van der Waals surface area contributed by atoms with Crippen molar-refractivity contribution in [1.29, 1.82) is 0 Å². The van der Waals surface area contributed by atoms with Crippen LogP contribution in [0.15, 0.2) is 0 Å². The Balaban J connectivity index is 3.76. The maximum atomic E-state index is 3.41. The molecule has 0 aliphatic carbocycles. The average molecular weight is 171 g/mol. The van der Waals surface area contributed by atoms with Crippen LogP contribution in [0.3, 0.4) is 0 Å². The van der Waals surface area contributed by atoms with E-state index in [0.29, 0.717) is 5.41 Å². The van der Waals surface area contributed by atoms with Gasteiger partial charge >= 0.3 is 0 Å². The Hall–Kier alpha value is -0.0400. The lowest BCUT2D eigenvalue weighted by molar-refractivity contribution is 0.227. The first-order valence-corrected chi connectivity index (χ1v) is 5.45. The Morgan fingerprint density at radius 3 is 1.75 bits per heavy atom. The Kier molecular flexibility index (Phi) is 6.45. The molecule has 12 heavy (non-hydrogen) atoms. The van der Waals surface area contributed by atoms with Crippen LogP contribution in [-0.4, -0.2) is 13.1 Å². The van der Waals surface area contributed by atoms with Gasteiger partial charge in [-0.05, 0) is 24.9 Å². The van der Waals surface area contributed by atoms with Gasteiger partial charge in [0.05, 0.1) is 0 Å². The first-order chi connectivity index (χ1) is 5.74. The lowest BCUT2D eigenvalue weighted by Crippen LogP contribution is -2.25. The maximum absolute atomic E-state index is 3.41. The summed E-state index contributed by atoms with van der Waals surface area (Å²) in [6.45, 7) is 11.4. The van der Waals surface area contributed by atoms with Gasteiger partial charge in [0, 0.05) is 0 Å². The van der Waals surface area contributed by atoms with Crippen molar-refractivity contribution < 1.29 is 0 Å². The van der Waals surface area contributed by atoms with E-state index in [1.165, 1.54) is 32.2 Å². The first-order valence-electron chi connectivity index (χ1n) is 5.45. The van der Waals surface area contributed by atoms with Crippen molar-refractivity contribution in [2.24, 2.45) is 5.41 Å². The van der Waals surface area contributed by atoms with Gasteiger partial charge in [-0.2, -0.15) is 0 Å². The number of hydrogen-bond acceptors (Lipinski definition) is 1. The fraction of sp³-hybridized carbons (Fsp3) is 1.00. The van der Waals surface area contributed by atoms with Gasteiger partial charge in [-0.15, -0.1) is 0 Å². The minimum atomic E-state index is 0.613. The van der Waals surface area contributed by atoms with E-state index in [-0.39, 0.29) is 0 Å². The van der Waals surface area contributed by atoms with E-state index >= 15 is 0 Å². The molecular formula is C11H25N. The largest absolute Gasteiger partial charge is 0.317 e. The van der Waals surface area contributed by atoms with Crippen LogP contribution in [0.25, 0.3) is 0 Å². The van der Waals surface area contributed by atoms with Crippen LogP contribution < -0.4 is 5.32 Å². The highest BCUT2D eigenvalue weighted by molar-refractivity contribution is 4.75. The fourth-order valence-electron chi connectivity index (χ4n) is 1.81. The topological polar surface area (TPSA) is 12.0 Å². The molecule has 1 N–H and O–H groups in total. The second-order valence-corrected chi connectivity index (χ2v) is 3.66. The van der Waals surface area contributed by atoms with Crippen molar-refractivity contribution in [1.82, 2.24) is 5.32 Å². The quantitative estimate of drug-likeness (QED) is 0.580. The van der Waals surface area contributed by atoms with Crippen LogP contribution in [-0.2, 0) is 0 Å². The smallest absolute Gasteiger partial charge is 0.00437 e. The molecular weight excluding hydrogens is 146 g/mol. The summed E-state index contributed by atoms with van der Waals surface area (Å²) in [5, 5.41) is 3.41. The van der Waals surface area contributed by atoms with E-state index < -0.39 is 0 Å². The molecule has 0 aliphatic heterocycles. The molecule has 0 heterocycles. The monoisotopic (exact) mass is 171 g/mol. The van der Waals surface area contributed by atoms with Crippen LogP contribution in [0.5, 0.6) is 0 Å². The van der Waals surface area contributed by atoms with Crippen LogP contribution >= 0.6 is 0 Å². The van der Waals surface area contributed by atoms with Crippen molar-refractivity contribution in [3.63, 3.8) is 0 Å². The van der Waals surface area contributed by atoms with Crippen molar-refractivity contribution in [3.8, 4) is 0 Å². The summed E-state index contributed by atoms with van der Waals surface area (Å²) < 4.78 is 0. The van der Waals surface area contributed by atoms with E-state index in [0.717, 1.165) is 6.54 Å². The standard InChI is InChI=1S/C11H25N/c1-5-11(6-2,7-3)9-10-12-8-4/h12H,5-10H2,1-4H3. The van der Waals surface area contributed by atoms with Crippen LogP contribution in [0, 0.1) is 5.41 Å². The molecule has 0 bridgehead atoms. The highest BCUT2D eigenvalue weighted by atomic mass is 14.8. The molecule has 0 aliphatic rings. The molecule has 0 aromatic rings. The zero-order chi connectivity index (χ0) is 9.45. The Bertz CT molecular complexity index is 86.9. The molecule has 0 fully saturated rings.